The van der Waals surface area contributed by atoms with Gasteiger partial charge in [0, 0.05) is 26.7 Å². The van der Waals surface area contributed by atoms with Crippen LogP contribution in [0, 0.1) is 0 Å². The first-order valence-corrected chi connectivity index (χ1v) is 8.94. The Balaban J connectivity index is 0.00000392. The standard InChI is InChI=1S/C21H30N4O2.HI/c1-22-21(23-13-16-10-11-19(26-4)20(12-16)27-5)24-14-17-8-6-7-9-18(17)15-25(2)3;/h6-12H,13-15H2,1-5H3,(H2,22,23,24);1H. The fourth-order valence-electron chi connectivity index (χ4n) is 2.80. The van der Waals surface area contributed by atoms with E-state index < -0.39 is 0 Å². The van der Waals surface area contributed by atoms with Gasteiger partial charge < -0.3 is 25.0 Å². The van der Waals surface area contributed by atoms with Crippen molar-refractivity contribution < 1.29 is 9.47 Å². The summed E-state index contributed by atoms with van der Waals surface area (Å²) in [4.78, 5) is 6.48. The van der Waals surface area contributed by atoms with Gasteiger partial charge in [0.2, 0.25) is 0 Å². The highest BCUT2D eigenvalue weighted by Crippen LogP contribution is 2.27. The summed E-state index contributed by atoms with van der Waals surface area (Å²) >= 11 is 0. The number of nitrogens with one attached hydrogen (secondary N) is 2. The van der Waals surface area contributed by atoms with Crippen molar-refractivity contribution in [2.45, 2.75) is 19.6 Å². The summed E-state index contributed by atoms with van der Waals surface area (Å²) in [6.07, 6.45) is 0. The number of ether oxygens (including phenoxy) is 2. The monoisotopic (exact) mass is 498 g/mol. The molecule has 0 unspecified atom stereocenters. The molecule has 0 fully saturated rings. The van der Waals surface area contributed by atoms with E-state index in [-0.39, 0.29) is 24.0 Å². The van der Waals surface area contributed by atoms with Gasteiger partial charge in [0.1, 0.15) is 0 Å². The van der Waals surface area contributed by atoms with Crippen molar-refractivity contribution in [3.63, 3.8) is 0 Å². The minimum absolute atomic E-state index is 0. The minimum atomic E-state index is 0. The maximum atomic E-state index is 5.36. The fraction of sp³-hybridized carbons (Fsp3) is 0.381. The Bertz CT molecular complexity index is 766. The summed E-state index contributed by atoms with van der Waals surface area (Å²) in [5.41, 5.74) is 3.66. The Kier molecular flexibility index (Phi) is 10.7. The van der Waals surface area contributed by atoms with E-state index in [2.05, 4.69) is 58.9 Å². The smallest absolute Gasteiger partial charge is 0.191 e. The predicted octanol–water partition coefficient (Wildman–Crippen LogP) is 3.25. The van der Waals surface area contributed by atoms with Crippen molar-refractivity contribution in [3.8, 4) is 11.5 Å². The van der Waals surface area contributed by atoms with Gasteiger partial charge >= 0.3 is 0 Å². The summed E-state index contributed by atoms with van der Waals surface area (Å²) in [7, 11) is 9.20. The highest BCUT2D eigenvalue weighted by Gasteiger charge is 2.07. The molecule has 2 aromatic rings. The highest BCUT2D eigenvalue weighted by molar-refractivity contribution is 14.0. The molecule has 0 radical (unpaired) electrons. The molecule has 0 spiro atoms. The van der Waals surface area contributed by atoms with Gasteiger partial charge in [-0.1, -0.05) is 30.3 Å². The van der Waals surface area contributed by atoms with Gasteiger partial charge in [0.25, 0.3) is 0 Å². The molecule has 0 saturated heterocycles. The molecule has 2 aromatic carbocycles. The molecule has 28 heavy (non-hydrogen) atoms. The molecule has 0 aliphatic rings. The van der Waals surface area contributed by atoms with Crippen LogP contribution in [-0.2, 0) is 19.6 Å². The summed E-state index contributed by atoms with van der Waals surface area (Å²) in [5, 5.41) is 6.72. The number of nitrogens with zero attached hydrogens (tertiary/aromatic N) is 2. The first kappa shape index (κ1) is 24.0. The molecule has 7 heteroatoms. The third-order valence-electron chi connectivity index (χ3n) is 4.18. The molecule has 0 saturated carbocycles. The molecule has 0 aliphatic carbocycles. The summed E-state index contributed by atoms with van der Waals surface area (Å²) in [5.74, 6) is 2.20. The quantitative estimate of drug-likeness (QED) is 0.333. The molecule has 0 heterocycles. The number of halogens is 1. The molecule has 0 aliphatic heterocycles. The lowest BCUT2D eigenvalue weighted by Gasteiger charge is -2.17. The van der Waals surface area contributed by atoms with Crippen molar-refractivity contribution in [3.05, 3.63) is 59.2 Å². The van der Waals surface area contributed by atoms with Gasteiger partial charge in [-0.15, -0.1) is 24.0 Å². The number of guanidine groups is 1. The fourth-order valence-corrected chi connectivity index (χ4v) is 2.80. The number of hydrogen-bond donors (Lipinski definition) is 2. The Morgan fingerprint density at radius 1 is 0.929 bits per heavy atom. The van der Waals surface area contributed by atoms with Crippen molar-refractivity contribution >= 4 is 29.9 Å². The first-order valence-electron chi connectivity index (χ1n) is 8.94. The maximum absolute atomic E-state index is 5.36. The molecule has 0 amide bonds. The van der Waals surface area contributed by atoms with Crippen LogP contribution < -0.4 is 20.1 Å². The second-order valence-corrected chi connectivity index (χ2v) is 6.48. The van der Waals surface area contributed by atoms with E-state index in [9.17, 15) is 0 Å². The number of hydrogen-bond acceptors (Lipinski definition) is 4. The Hall–Kier alpha value is -2.00. The van der Waals surface area contributed by atoms with Crippen LogP contribution in [0.2, 0.25) is 0 Å². The topological polar surface area (TPSA) is 58.1 Å². The average Bonchev–Trinajstić information content (AvgIpc) is 2.68. The van der Waals surface area contributed by atoms with Crippen LogP contribution in [0.5, 0.6) is 11.5 Å². The second kappa shape index (κ2) is 12.5. The molecule has 0 aromatic heterocycles. The summed E-state index contributed by atoms with van der Waals surface area (Å²) in [6.45, 7) is 2.27. The van der Waals surface area contributed by atoms with E-state index in [1.165, 1.54) is 11.1 Å². The molecule has 154 valence electrons. The van der Waals surface area contributed by atoms with E-state index in [4.69, 9.17) is 9.47 Å². The van der Waals surface area contributed by atoms with Crippen LogP contribution in [0.25, 0.3) is 0 Å². The Morgan fingerprint density at radius 3 is 2.18 bits per heavy atom. The van der Waals surface area contributed by atoms with E-state index >= 15 is 0 Å². The second-order valence-electron chi connectivity index (χ2n) is 6.48. The zero-order valence-electron chi connectivity index (χ0n) is 17.3. The van der Waals surface area contributed by atoms with E-state index in [1.807, 2.05) is 18.2 Å². The highest BCUT2D eigenvalue weighted by atomic mass is 127. The van der Waals surface area contributed by atoms with Gasteiger partial charge in [-0.3, -0.25) is 4.99 Å². The van der Waals surface area contributed by atoms with Gasteiger partial charge in [-0.2, -0.15) is 0 Å². The van der Waals surface area contributed by atoms with Crippen molar-refractivity contribution in [1.29, 1.82) is 0 Å². The molecule has 2 rings (SSSR count). The SMILES string of the molecule is CN=C(NCc1ccc(OC)c(OC)c1)NCc1ccccc1CN(C)C.I. The Labute approximate surface area is 185 Å². The molecular weight excluding hydrogens is 467 g/mol. The van der Waals surface area contributed by atoms with Crippen LogP contribution in [0.3, 0.4) is 0 Å². The van der Waals surface area contributed by atoms with Crippen LogP contribution in [0.4, 0.5) is 0 Å². The van der Waals surface area contributed by atoms with Crippen LogP contribution >= 0.6 is 24.0 Å². The molecule has 0 bridgehead atoms. The third kappa shape index (κ3) is 7.20. The number of benzene rings is 2. The lowest BCUT2D eigenvalue weighted by molar-refractivity contribution is 0.354. The number of methoxy groups -OCH3 is 2. The zero-order chi connectivity index (χ0) is 19.6. The van der Waals surface area contributed by atoms with Crippen LogP contribution in [0.15, 0.2) is 47.5 Å². The lowest BCUT2D eigenvalue weighted by Crippen LogP contribution is -2.36. The number of rotatable bonds is 8. The minimum Gasteiger partial charge on any atom is -0.493 e. The lowest BCUT2D eigenvalue weighted by atomic mass is 10.1. The largest absolute Gasteiger partial charge is 0.493 e. The van der Waals surface area contributed by atoms with E-state index in [0.29, 0.717) is 6.54 Å². The molecule has 0 atom stereocenters. The van der Waals surface area contributed by atoms with Gasteiger partial charge in [0.05, 0.1) is 14.2 Å². The third-order valence-corrected chi connectivity index (χ3v) is 4.18. The first-order chi connectivity index (χ1) is 13.1. The van der Waals surface area contributed by atoms with Gasteiger partial charge in [-0.05, 0) is 42.9 Å². The van der Waals surface area contributed by atoms with Crippen molar-refractivity contribution in [2.24, 2.45) is 4.99 Å². The summed E-state index contributed by atoms with van der Waals surface area (Å²) < 4.78 is 10.6. The average molecular weight is 498 g/mol. The summed E-state index contributed by atoms with van der Waals surface area (Å²) in [6, 6.07) is 14.3. The van der Waals surface area contributed by atoms with Gasteiger partial charge in [0.15, 0.2) is 17.5 Å². The van der Waals surface area contributed by atoms with Crippen LogP contribution in [-0.4, -0.2) is 46.2 Å². The molecule has 2 N–H and O–H groups in total. The number of aliphatic imine (C=N–C) groups is 1. The normalized spacial score (nSPS) is 11.0. The zero-order valence-corrected chi connectivity index (χ0v) is 19.6. The predicted molar refractivity (Wildman–Crippen MR) is 126 cm³/mol. The molecular formula is C21H31IN4O2. The Morgan fingerprint density at radius 2 is 1.57 bits per heavy atom. The van der Waals surface area contributed by atoms with Crippen molar-refractivity contribution in [1.82, 2.24) is 15.5 Å². The van der Waals surface area contributed by atoms with Crippen LogP contribution in [0.1, 0.15) is 16.7 Å². The van der Waals surface area contributed by atoms with E-state index in [0.717, 1.165) is 36.1 Å². The van der Waals surface area contributed by atoms with E-state index in [1.54, 1.807) is 21.3 Å². The van der Waals surface area contributed by atoms with Crippen molar-refractivity contribution in [2.75, 3.05) is 35.4 Å². The molecule has 6 nitrogen and oxygen atoms in total. The van der Waals surface area contributed by atoms with Gasteiger partial charge in [-0.25, -0.2) is 0 Å². The maximum Gasteiger partial charge on any atom is 0.191 e.